The van der Waals surface area contributed by atoms with Gasteiger partial charge in [0.15, 0.2) is 0 Å². The van der Waals surface area contributed by atoms with Crippen LogP contribution in [-0.2, 0) is 5.41 Å². The van der Waals surface area contributed by atoms with E-state index in [1.165, 1.54) is 60.0 Å². The zero-order chi connectivity index (χ0) is 23.0. The van der Waals surface area contributed by atoms with Crippen LogP contribution in [0.4, 0.5) is 11.4 Å². The Balaban J connectivity index is 1.23. The smallest absolute Gasteiger partial charge is 0.0467 e. The highest BCUT2D eigenvalue weighted by Crippen LogP contribution is 2.69. The minimum atomic E-state index is 0.230. The SMILES string of the molecule is c1ccc(-c2ccc(Nc3cccc4c3-c3ccccc3C43C4CC5CC(C4)CC3C5)cc2)cc1. The fourth-order valence-electron chi connectivity index (χ4n) is 8.84. The molecular weight excluding hydrogens is 422 g/mol. The van der Waals surface area contributed by atoms with Gasteiger partial charge in [-0.25, -0.2) is 0 Å². The van der Waals surface area contributed by atoms with E-state index in [1.54, 1.807) is 11.1 Å². The molecule has 35 heavy (non-hydrogen) atoms. The number of hydrogen-bond acceptors (Lipinski definition) is 1. The maximum absolute atomic E-state index is 3.83. The number of benzene rings is 4. The number of hydrogen-bond donors (Lipinski definition) is 1. The molecule has 0 aliphatic heterocycles. The predicted molar refractivity (Wildman–Crippen MR) is 145 cm³/mol. The van der Waals surface area contributed by atoms with E-state index in [0.717, 1.165) is 29.4 Å². The number of fused-ring (bicyclic) bond motifs is 3. The van der Waals surface area contributed by atoms with Crippen LogP contribution in [0, 0.1) is 23.7 Å². The van der Waals surface area contributed by atoms with Crippen molar-refractivity contribution < 1.29 is 0 Å². The molecule has 9 rings (SSSR count). The summed E-state index contributed by atoms with van der Waals surface area (Å²) < 4.78 is 0. The van der Waals surface area contributed by atoms with E-state index in [-0.39, 0.29) is 5.41 Å². The summed E-state index contributed by atoms with van der Waals surface area (Å²) >= 11 is 0. The molecule has 4 fully saturated rings. The molecule has 0 heterocycles. The van der Waals surface area contributed by atoms with Gasteiger partial charge in [0, 0.05) is 22.4 Å². The van der Waals surface area contributed by atoms with Crippen LogP contribution in [0.3, 0.4) is 0 Å². The molecule has 4 aromatic rings. The molecule has 0 aromatic heterocycles. The van der Waals surface area contributed by atoms with Gasteiger partial charge in [-0.1, -0.05) is 78.9 Å². The van der Waals surface area contributed by atoms with Crippen molar-refractivity contribution in [3.05, 3.63) is 108 Å². The van der Waals surface area contributed by atoms with E-state index < -0.39 is 0 Å². The van der Waals surface area contributed by atoms with Crippen LogP contribution < -0.4 is 5.32 Å². The van der Waals surface area contributed by atoms with Crippen molar-refractivity contribution in [1.29, 1.82) is 0 Å². The summed E-state index contributed by atoms with van der Waals surface area (Å²) in [5.74, 6) is 3.57. The van der Waals surface area contributed by atoms with Crippen LogP contribution in [0.5, 0.6) is 0 Å². The van der Waals surface area contributed by atoms with E-state index in [0.29, 0.717) is 0 Å². The summed E-state index contributed by atoms with van der Waals surface area (Å²) in [7, 11) is 0. The second-order valence-corrected chi connectivity index (χ2v) is 11.5. The fourth-order valence-corrected chi connectivity index (χ4v) is 8.84. The first kappa shape index (κ1) is 19.9. The molecule has 0 atom stereocenters. The van der Waals surface area contributed by atoms with Gasteiger partial charge in [0.05, 0.1) is 0 Å². The van der Waals surface area contributed by atoms with E-state index in [2.05, 4.69) is 102 Å². The van der Waals surface area contributed by atoms with Gasteiger partial charge in [-0.05, 0) is 102 Å². The van der Waals surface area contributed by atoms with Crippen LogP contribution in [0.25, 0.3) is 22.3 Å². The monoisotopic (exact) mass is 453 g/mol. The van der Waals surface area contributed by atoms with Crippen LogP contribution in [-0.4, -0.2) is 0 Å². The lowest BCUT2D eigenvalue weighted by Crippen LogP contribution is -2.55. The number of rotatable bonds is 3. The Morgan fingerprint density at radius 2 is 1.17 bits per heavy atom. The molecule has 172 valence electrons. The Bertz CT molecular complexity index is 1390. The molecule has 0 radical (unpaired) electrons. The first-order valence-corrected chi connectivity index (χ1v) is 13.5. The summed E-state index contributed by atoms with van der Waals surface area (Å²) in [4.78, 5) is 0. The lowest BCUT2D eigenvalue weighted by Gasteiger charge is -2.61. The molecule has 4 saturated carbocycles. The zero-order valence-corrected chi connectivity index (χ0v) is 20.1. The second kappa shape index (κ2) is 7.34. The van der Waals surface area contributed by atoms with Crippen LogP contribution in [0.15, 0.2) is 97.1 Å². The first-order valence-electron chi connectivity index (χ1n) is 13.5. The quantitative estimate of drug-likeness (QED) is 0.327. The summed E-state index contributed by atoms with van der Waals surface area (Å²) in [5.41, 5.74) is 11.3. The van der Waals surface area contributed by atoms with Crippen molar-refractivity contribution in [2.45, 2.75) is 37.5 Å². The first-order chi connectivity index (χ1) is 17.3. The second-order valence-electron chi connectivity index (χ2n) is 11.5. The van der Waals surface area contributed by atoms with Gasteiger partial charge in [-0.15, -0.1) is 0 Å². The Morgan fingerprint density at radius 1 is 0.543 bits per heavy atom. The number of anilines is 2. The Labute approximate surface area is 208 Å². The molecule has 5 aliphatic carbocycles. The lowest BCUT2D eigenvalue weighted by atomic mass is 9.43. The van der Waals surface area contributed by atoms with Crippen molar-refractivity contribution in [3.63, 3.8) is 0 Å². The maximum atomic E-state index is 3.83. The third kappa shape index (κ3) is 2.76. The summed E-state index contributed by atoms with van der Waals surface area (Å²) in [5, 5.41) is 3.83. The fraction of sp³-hybridized carbons (Fsp3) is 0.294. The highest BCUT2D eigenvalue weighted by molar-refractivity contribution is 5.92. The van der Waals surface area contributed by atoms with Gasteiger partial charge in [-0.2, -0.15) is 0 Å². The lowest BCUT2D eigenvalue weighted by molar-refractivity contribution is -0.0399. The summed E-state index contributed by atoms with van der Waals surface area (Å²) in [6.45, 7) is 0. The van der Waals surface area contributed by atoms with Gasteiger partial charge >= 0.3 is 0 Å². The third-order valence-electron chi connectivity index (χ3n) is 9.85. The van der Waals surface area contributed by atoms with E-state index >= 15 is 0 Å². The Kier molecular flexibility index (Phi) is 4.18. The maximum Gasteiger partial charge on any atom is 0.0467 e. The predicted octanol–water partition coefficient (Wildman–Crippen LogP) is 8.82. The average molecular weight is 454 g/mol. The molecule has 0 unspecified atom stereocenters. The molecule has 0 amide bonds. The van der Waals surface area contributed by atoms with Gasteiger partial charge in [0.25, 0.3) is 0 Å². The van der Waals surface area contributed by atoms with Crippen molar-refractivity contribution >= 4 is 11.4 Å². The van der Waals surface area contributed by atoms with Crippen molar-refractivity contribution in [1.82, 2.24) is 0 Å². The molecule has 4 aromatic carbocycles. The molecule has 1 spiro atoms. The van der Waals surface area contributed by atoms with Crippen molar-refractivity contribution in [3.8, 4) is 22.3 Å². The standard InChI is InChI=1S/C34H31N/c1-2-7-24(8-3-1)25-13-15-28(16-14-25)35-32-12-6-11-31-33(32)29-9-4-5-10-30(29)34(31)26-18-22-17-23(20-26)21-27(34)19-22/h1-16,22-23,26-27,35H,17-21H2. The Morgan fingerprint density at radius 3 is 1.91 bits per heavy atom. The van der Waals surface area contributed by atoms with Gasteiger partial charge < -0.3 is 5.32 Å². The minimum absolute atomic E-state index is 0.230. The van der Waals surface area contributed by atoms with Crippen LogP contribution in [0.2, 0.25) is 0 Å². The van der Waals surface area contributed by atoms with Crippen molar-refractivity contribution in [2.75, 3.05) is 5.32 Å². The van der Waals surface area contributed by atoms with Gasteiger partial charge in [0.2, 0.25) is 0 Å². The van der Waals surface area contributed by atoms with Crippen molar-refractivity contribution in [2.24, 2.45) is 23.7 Å². The van der Waals surface area contributed by atoms with Crippen LogP contribution in [0.1, 0.15) is 43.2 Å². The van der Waals surface area contributed by atoms with E-state index in [9.17, 15) is 0 Å². The molecule has 1 heteroatoms. The molecule has 1 N–H and O–H groups in total. The average Bonchev–Trinajstić information content (AvgIpc) is 3.20. The highest BCUT2D eigenvalue weighted by atomic mass is 14.9. The molecule has 5 aliphatic rings. The normalized spacial score (nSPS) is 29.3. The third-order valence-corrected chi connectivity index (χ3v) is 9.85. The highest BCUT2D eigenvalue weighted by Gasteiger charge is 2.61. The van der Waals surface area contributed by atoms with Gasteiger partial charge in [-0.3, -0.25) is 0 Å². The van der Waals surface area contributed by atoms with E-state index in [4.69, 9.17) is 0 Å². The largest absolute Gasteiger partial charge is 0.355 e. The Hall–Kier alpha value is -3.32. The molecular formula is C34H31N. The minimum Gasteiger partial charge on any atom is -0.355 e. The topological polar surface area (TPSA) is 12.0 Å². The molecule has 4 bridgehead atoms. The van der Waals surface area contributed by atoms with Crippen LogP contribution >= 0.6 is 0 Å². The van der Waals surface area contributed by atoms with E-state index in [1.807, 2.05) is 0 Å². The summed E-state index contributed by atoms with van der Waals surface area (Å²) in [6.07, 6.45) is 7.22. The molecule has 0 saturated heterocycles. The zero-order valence-electron chi connectivity index (χ0n) is 20.1. The van der Waals surface area contributed by atoms with Gasteiger partial charge in [0.1, 0.15) is 0 Å². The number of nitrogens with one attached hydrogen (secondary N) is 1. The molecule has 1 nitrogen and oxygen atoms in total. The summed E-state index contributed by atoms with van der Waals surface area (Å²) in [6, 6.07) is 36.0.